The molecule has 0 aliphatic carbocycles. The highest BCUT2D eigenvalue weighted by molar-refractivity contribution is 4.83. The summed E-state index contributed by atoms with van der Waals surface area (Å²) in [5.41, 5.74) is -0.398. The number of nitrogens with zero attached hydrogens (tertiary/aromatic N) is 1. The fourth-order valence-electron chi connectivity index (χ4n) is 2.45. The lowest BCUT2D eigenvalue weighted by Gasteiger charge is -2.36. The maximum Gasteiger partial charge on any atom is 0.0644 e. The highest BCUT2D eigenvalue weighted by Crippen LogP contribution is 2.22. The number of hydrogen-bond donors (Lipinski definition) is 2. The lowest BCUT2D eigenvalue weighted by molar-refractivity contribution is -0.00813. The second kappa shape index (κ2) is 4.17. The van der Waals surface area contributed by atoms with E-state index in [2.05, 4.69) is 10.2 Å². The number of piperidine rings is 1. The maximum absolute atomic E-state index is 9.81. The van der Waals surface area contributed by atoms with Gasteiger partial charge in [0.05, 0.1) is 5.60 Å². The third-order valence-corrected chi connectivity index (χ3v) is 3.61. The van der Waals surface area contributed by atoms with Crippen molar-refractivity contribution in [2.24, 2.45) is 5.92 Å². The molecule has 14 heavy (non-hydrogen) atoms. The van der Waals surface area contributed by atoms with Crippen molar-refractivity contribution in [2.45, 2.75) is 31.8 Å². The summed E-state index contributed by atoms with van der Waals surface area (Å²) in [5.74, 6) is 0.845. The van der Waals surface area contributed by atoms with Crippen LogP contribution < -0.4 is 5.32 Å². The molecule has 2 fully saturated rings. The molecule has 1 unspecified atom stereocenters. The van der Waals surface area contributed by atoms with Gasteiger partial charge in [-0.05, 0) is 45.2 Å². The van der Waals surface area contributed by atoms with Gasteiger partial charge in [0.1, 0.15) is 0 Å². The van der Waals surface area contributed by atoms with Crippen molar-refractivity contribution in [3.63, 3.8) is 0 Å². The molecular formula is C11H22N2O. The van der Waals surface area contributed by atoms with Crippen LogP contribution in [-0.2, 0) is 0 Å². The predicted octanol–water partition coefficient (Wildman–Crippen LogP) is 0.443. The van der Waals surface area contributed by atoms with E-state index in [-0.39, 0.29) is 0 Å². The van der Waals surface area contributed by atoms with Crippen LogP contribution in [0.25, 0.3) is 0 Å². The zero-order valence-electron chi connectivity index (χ0n) is 9.13. The molecule has 2 rings (SSSR count). The number of aliphatic hydroxyl groups is 1. The first kappa shape index (κ1) is 10.4. The van der Waals surface area contributed by atoms with E-state index in [1.807, 2.05) is 6.92 Å². The molecule has 2 aliphatic heterocycles. The zero-order chi connectivity index (χ0) is 10.0. The summed E-state index contributed by atoms with van der Waals surface area (Å²) in [6.07, 6.45) is 3.20. The molecule has 0 aromatic rings. The van der Waals surface area contributed by atoms with E-state index in [1.165, 1.54) is 26.1 Å². The number of rotatable bonds is 2. The molecule has 0 amide bonds. The molecule has 2 saturated heterocycles. The van der Waals surface area contributed by atoms with E-state index >= 15 is 0 Å². The molecule has 0 spiro atoms. The normalized spacial score (nSPS) is 33.4. The molecule has 0 radical (unpaired) electrons. The Balaban J connectivity index is 1.72. The van der Waals surface area contributed by atoms with Gasteiger partial charge < -0.3 is 15.3 Å². The highest BCUT2D eigenvalue weighted by atomic mass is 16.3. The van der Waals surface area contributed by atoms with Crippen LogP contribution in [0.5, 0.6) is 0 Å². The molecule has 2 heterocycles. The van der Waals surface area contributed by atoms with E-state index in [4.69, 9.17) is 0 Å². The number of hydrogen-bond acceptors (Lipinski definition) is 3. The van der Waals surface area contributed by atoms with E-state index in [1.54, 1.807) is 0 Å². The fraction of sp³-hybridized carbons (Fsp3) is 1.00. The Kier molecular flexibility index (Phi) is 3.10. The van der Waals surface area contributed by atoms with Crippen molar-refractivity contribution in [3.8, 4) is 0 Å². The quantitative estimate of drug-likeness (QED) is 0.676. The summed E-state index contributed by atoms with van der Waals surface area (Å²) in [6, 6.07) is 0. The van der Waals surface area contributed by atoms with Gasteiger partial charge in [0.15, 0.2) is 0 Å². The van der Waals surface area contributed by atoms with Crippen LogP contribution in [0.2, 0.25) is 0 Å². The summed E-state index contributed by atoms with van der Waals surface area (Å²) in [5, 5.41) is 13.2. The van der Waals surface area contributed by atoms with Crippen LogP contribution >= 0.6 is 0 Å². The first-order valence-corrected chi connectivity index (χ1v) is 5.81. The minimum absolute atomic E-state index is 0.398. The summed E-state index contributed by atoms with van der Waals surface area (Å²) < 4.78 is 0. The summed E-state index contributed by atoms with van der Waals surface area (Å²) in [7, 11) is 0. The largest absolute Gasteiger partial charge is 0.390 e. The van der Waals surface area contributed by atoms with Crippen LogP contribution in [0.3, 0.4) is 0 Å². The molecule has 0 saturated carbocycles. The van der Waals surface area contributed by atoms with Crippen LogP contribution in [0.15, 0.2) is 0 Å². The van der Waals surface area contributed by atoms with Crippen LogP contribution in [0, 0.1) is 5.92 Å². The minimum atomic E-state index is -0.398. The van der Waals surface area contributed by atoms with Crippen molar-refractivity contribution < 1.29 is 5.11 Å². The average molecular weight is 198 g/mol. The Morgan fingerprint density at radius 1 is 1.43 bits per heavy atom. The van der Waals surface area contributed by atoms with Crippen molar-refractivity contribution in [2.75, 3.05) is 32.7 Å². The average Bonchev–Trinajstić information content (AvgIpc) is 2.61. The first-order valence-electron chi connectivity index (χ1n) is 5.81. The summed E-state index contributed by atoms with van der Waals surface area (Å²) >= 11 is 0. The lowest BCUT2D eigenvalue weighted by atomic mass is 9.93. The van der Waals surface area contributed by atoms with Gasteiger partial charge in [-0.25, -0.2) is 0 Å². The van der Waals surface area contributed by atoms with Gasteiger partial charge in [-0.3, -0.25) is 0 Å². The van der Waals surface area contributed by atoms with E-state index in [9.17, 15) is 5.11 Å². The maximum atomic E-state index is 9.81. The molecule has 0 aromatic carbocycles. The van der Waals surface area contributed by atoms with Gasteiger partial charge in [-0.15, -0.1) is 0 Å². The molecule has 82 valence electrons. The minimum Gasteiger partial charge on any atom is -0.390 e. The van der Waals surface area contributed by atoms with E-state index < -0.39 is 5.60 Å². The van der Waals surface area contributed by atoms with E-state index in [0.717, 1.165) is 31.8 Å². The van der Waals surface area contributed by atoms with E-state index in [0.29, 0.717) is 0 Å². The van der Waals surface area contributed by atoms with Gasteiger partial charge >= 0.3 is 0 Å². The Morgan fingerprint density at radius 3 is 2.71 bits per heavy atom. The molecule has 2 aliphatic rings. The van der Waals surface area contributed by atoms with Gasteiger partial charge in [0.2, 0.25) is 0 Å². The monoisotopic (exact) mass is 198 g/mol. The van der Waals surface area contributed by atoms with Crippen molar-refractivity contribution in [1.82, 2.24) is 10.2 Å². The summed E-state index contributed by atoms with van der Waals surface area (Å²) in [6.45, 7) is 7.71. The predicted molar refractivity (Wildman–Crippen MR) is 57.3 cm³/mol. The molecule has 2 N–H and O–H groups in total. The Labute approximate surface area is 86.5 Å². The fourth-order valence-corrected chi connectivity index (χ4v) is 2.45. The van der Waals surface area contributed by atoms with Gasteiger partial charge in [0.25, 0.3) is 0 Å². The Bertz CT molecular complexity index is 178. The lowest BCUT2D eigenvalue weighted by Crippen LogP contribution is -2.44. The Hall–Kier alpha value is -0.120. The first-order chi connectivity index (χ1) is 6.66. The molecule has 0 bridgehead atoms. The highest BCUT2D eigenvalue weighted by Gasteiger charge is 2.28. The van der Waals surface area contributed by atoms with Crippen LogP contribution in [0.1, 0.15) is 26.2 Å². The third-order valence-electron chi connectivity index (χ3n) is 3.61. The standard InChI is InChI=1S/C11H22N2O/c1-11(14)3-6-13(7-4-11)9-10-2-5-12-8-10/h10,12,14H,2-9H2,1H3. The number of nitrogens with one attached hydrogen (secondary N) is 1. The van der Waals surface area contributed by atoms with Gasteiger partial charge in [-0.1, -0.05) is 0 Å². The van der Waals surface area contributed by atoms with Gasteiger partial charge in [0, 0.05) is 19.6 Å². The molecule has 3 nitrogen and oxygen atoms in total. The third kappa shape index (κ3) is 2.69. The van der Waals surface area contributed by atoms with Gasteiger partial charge in [-0.2, -0.15) is 0 Å². The van der Waals surface area contributed by atoms with Crippen LogP contribution in [0.4, 0.5) is 0 Å². The summed E-state index contributed by atoms with van der Waals surface area (Å²) in [4.78, 5) is 2.51. The molecular weight excluding hydrogens is 176 g/mol. The SMILES string of the molecule is CC1(O)CCN(CC2CCNC2)CC1. The molecule has 1 atom stereocenters. The number of likely N-dealkylation sites (tertiary alicyclic amines) is 1. The topological polar surface area (TPSA) is 35.5 Å². The second-order valence-electron chi connectivity index (χ2n) is 5.16. The Morgan fingerprint density at radius 2 is 2.14 bits per heavy atom. The smallest absolute Gasteiger partial charge is 0.0644 e. The van der Waals surface area contributed by atoms with Crippen molar-refractivity contribution in [1.29, 1.82) is 0 Å². The van der Waals surface area contributed by atoms with Crippen LogP contribution in [-0.4, -0.2) is 48.3 Å². The zero-order valence-corrected chi connectivity index (χ0v) is 9.13. The second-order valence-corrected chi connectivity index (χ2v) is 5.16. The molecule has 0 aromatic heterocycles. The molecule has 3 heteroatoms. The van der Waals surface area contributed by atoms with Crippen molar-refractivity contribution in [3.05, 3.63) is 0 Å². The van der Waals surface area contributed by atoms with Crippen molar-refractivity contribution >= 4 is 0 Å².